The Hall–Kier alpha value is -0.280. The Bertz CT molecular complexity index is 1250. The van der Waals surface area contributed by atoms with Crippen molar-refractivity contribution >= 4 is 33.8 Å². The topological polar surface area (TPSA) is 128 Å². The number of unbranched alkanes of at least 4 members (excludes halogenated alkanes) is 36. The molecule has 0 aromatic rings. The molecule has 84 heavy (non-hydrogen) atoms. The van der Waals surface area contributed by atoms with Crippen molar-refractivity contribution in [2.45, 2.75) is 373 Å². The smallest absolute Gasteiger partial charge is 0.190 e. The first-order valence-corrected chi connectivity index (χ1v) is 38.8. The first kappa shape index (κ1) is 81.7. The Morgan fingerprint density at radius 3 is 0.774 bits per heavy atom. The lowest BCUT2D eigenvalue weighted by Crippen LogP contribution is -2.57. The lowest BCUT2D eigenvalue weighted by atomic mass is 10.0. The van der Waals surface area contributed by atoms with Crippen LogP contribution in [0.1, 0.15) is 337 Å². The Kier molecular flexibility index (Phi) is 58.7. The van der Waals surface area contributed by atoms with Gasteiger partial charge in [-0.05, 0) is 39.5 Å². The molecule has 1 rings (SSSR count). The normalized spacial score (nSPS) is 16.8. The second kappa shape index (κ2) is 60.3. The average Bonchev–Trinajstić information content (AvgIpc) is 3.58. The fourth-order valence-corrected chi connectivity index (χ4v) is 14.2. The third-order valence-electron chi connectivity index (χ3n) is 18.2. The van der Waals surface area contributed by atoms with Crippen LogP contribution in [0.4, 0.5) is 0 Å². The van der Waals surface area contributed by atoms with Crippen molar-refractivity contribution in [1.29, 1.82) is 0 Å². The molecule has 6 unspecified atom stereocenters. The van der Waals surface area contributed by atoms with Gasteiger partial charge in [-0.3, -0.25) is 29.2 Å². The molecule has 0 aliphatic carbocycles. The average molecular weight is 1230 g/mol. The molecule has 0 aromatic carbocycles. The minimum atomic E-state index is -0.437. The first-order valence-electron chi connectivity index (χ1n) is 36.9. The molecule has 0 saturated carbocycles. The van der Waals surface area contributed by atoms with Gasteiger partial charge in [0.05, 0.1) is 24.4 Å². The summed E-state index contributed by atoms with van der Waals surface area (Å²) in [5.41, 5.74) is 0. The van der Waals surface area contributed by atoms with E-state index in [0.717, 1.165) is 115 Å². The van der Waals surface area contributed by atoms with Crippen LogP contribution in [0.5, 0.6) is 0 Å². The molecular weight excluding hydrogens is 1080 g/mol. The number of rotatable bonds is 64. The first-order chi connectivity index (χ1) is 40.9. The van der Waals surface area contributed by atoms with Crippen molar-refractivity contribution in [3.05, 3.63) is 0 Å². The third kappa shape index (κ3) is 51.5. The maximum absolute atomic E-state index is 13.4. The zero-order valence-electron chi connectivity index (χ0n) is 56.7. The van der Waals surface area contributed by atoms with E-state index in [4.69, 9.17) is 0 Å². The Morgan fingerprint density at radius 2 is 0.560 bits per heavy atom. The third-order valence-corrected chi connectivity index (χ3v) is 20.1. The summed E-state index contributed by atoms with van der Waals surface area (Å²) in [7, 11) is 0. The monoisotopic (exact) mass is 1230 g/mol. The van der Waals surface area contributed by atoms with Gasteiger partial charge in [-0.25, -0.2) is 0 Å². The molecule has 1 saturated heterocycles. The van der Waals surface area contributed by atoms with Crippen LogP contribution in [0.2, 0.25) is 0 Å². The van der Waals surface area contributed by atoms with E-state index >= 15 is 0 Å². The van der Waals surface area contributed by atoms with Crippen LogP contribution >= 0.6 is 23.5 Å². The molecule has 1 aliphatic rings. The van der Waals surface area contributed by atoms with Crippen molar-refractivity contribution in [1.82, 2.24) is 19.6 Å². The van der Waals surface area contributed by atoms with Crippen molar-refractivity contribution in [3.8, 4) is 0 Å². The quantitative estimate of drug-likeness (QED) is 0.0433. The number of piperazine rings is 1. The molecule has 0 amide bonds. The van der Waals surface area contributed by atoms with Gasteiger partial charge in [-0.2, -0.15) is 0 Å². The molecule has 1 heterocycles. The molecule has 1 fully saturated rings. The van der Waals surface area contributed by atoms with Gasteiger partial charge in [0.15, 0.2) is 10.2 Å². The van der Waals surface area contributed by atoms with Crippen LogP contribution in [-0.2, 0) is 9.59 Å². The van der Waals surface area contributed by atoms with Gasteiger partial charge in [-0.1, -0.05) is 308 Å². The van der Waals surface area contributed by atoms with Gasteiger partial charge in [-0.15, -0.1) is 0 Å². The summed E-state index contributed by atoms with van der Waals surface area (Å²) in [5.74, 6) is 1.51. The van der Waals surface area contributed by atoms with E-state index in [2.05, 4.69) is 61.1 Å². The van der Waals surface area contributed by atoms with Gasteiger partial charge < -0.3 is 20.4 Å². The van der Waals surface area contributed by atoms with Gasteiger partial charge in [0.2, 0.25) is 0 Å². The summed E-state index contributed by atoms with van der Waals surface area (Å²) in [6.45, 7) is 20.5. The van der Waals surface area contributed by atoms with E-state index in [1.54, 1.807) is 0 Å². The van der Waals surface area contributed by atoms with Crippen molar-refractivity contribution < 1.29 is 30.0 Å². The number of hydrogen-bond acceptors (Lipinski definition) is 12. The van der Waals surface area contributed by atoms with E-state index in [-0.39, 0.29) is 10.2 Å². The van der Waals surface area contributed by atoms with Crippen LogP contribution in [0, 0.1) is 0 Å². The minimum absolute atomic E-state index is 0.193. The van der Waals surface area contributed by atoms with Crippen molar-refractivity contribution in [2.75, 3.05) is 77.0 Å². The summed E-state index contributed by atoms with van der Waals surface area (Å²) >= 11 is 2.88. The van der Waals surface area contributed by atoms with E-state index < -0.39 is 24.4 Å². The predicted octanol–water partition coefficient (Wildman–Crippen LogP) is 18.0. The standard InChI is InChI=1S/C72H144N4O6S2/c1-7-11-15-19-23-27-31-35-39-43-47-67(77)61-73(62-68(78)48-44-40-36-32-28-24-20-16-12-8-2)53-51-71(81)83-57-55-75-59-66(6)76(60-65(75)5)56-58-84-72(82)52-54-74(63-69(79)49-45-41-37-33-29-25-21-17-13-9-3)64-70(80)50-46-42-38-34-30-26-22-18-14-10-4/h65-70,77-80H,7-64H2,1-6H3. The molecule has 10 nitrogen and oxygen atoms in total. The van der Waals surface area contributed by atoms with Crippen molar-refractivity contribution in [3.63, 3.8) is 0 Å². The molecule has 6 atom stereocenters. The van der Waals surface area contributed by atoms with Crippen LogP contribution in [0.15, 0.2) is 0 Å². The van der Waals surface area contributed by atoms with Crippen LogP contribution in [0.3, 0.4) is 0 Å². The number of aliphatic hydroxyl groups excluding tert-OH is 4. The molecular formula is C72H144N4O6S2. The highest BCUT2D eigenvalue weighted by Gasteiger charge is 2.29. The van der Waals surface area contributed by atoms with Gasteiger partial charge in [0, 0.05) is 102 Å². The number of carbonyl (C=O) groups excluding carboxylic acids is 2. The lowest BCUT2D eigenvalue weighted by molar-refractivity contribution is -0.112. The number of carbonyl (C=O) groups is 2. The second-order valence-corrected chi connectivity index (χ2v) is 29.0. The molecule has 0 bridgehead atoms. The highest BCUT2D eigenvalue weighted by molar-refractivity contribution is 8.13. The summed E-state index contributed by atoms with van der Waals surface area (Å²) in [6, 6.07) is 0.712. The van der Waals surface area contributed by atoms with Gasteiger partial charge in [0.1, 0.15) is 0 Å². The Labute approximate surface area is 530 Å². The SMILES string of the molecule is CCCCCCCCCCCCC(O)CN(CCC(=O)SCCN1CC(C)N(CCSC(=O)CCN(CC(O)CCCCCCCCCCCC)CC(O)CCCCCCCCCCCC)CC1C)CC(O)CCCCCCCCCCCC. The molecule has 0 aromatic heterocycles. The molecule has 0 radical (unpaired) electrons. The fourth-order valence-electron chi connectivity index (χ4n) is 12.6. The van der Waals surface area contributed by atoms with Crippen LogP contribution in [0.25, 0.3) is 0 Å². The molecule has 12 heteroatoms. The molecule has 4 N–H and O–H groups in total. The van der Waals surface area contributed by atoms with Crippen LogP contribution in [-0.4, -0.2) is 164 Å². The summed E-state index contributed by atoms with van der Waals surface area (Å²) in [4.78, 5) is 36.1. The zero-order chi connectivity index (χ0) is 61.4. The van der Waals surface area contributed by atoms with E-state index in [1.165, 1.54) is 229 Å². The Morgan fingerprint density at radius 1 is 0.357 bits per heavy atom. The summed E-state index contributed by atoms with van der Waals surface area (Å²) in [6.07, 6.45) is 53.3. The zero-order valence-corrected chi connectivity index (χ0v) is 58.3. The fraction of sp³-hybridized carbons (Fsp3) is 0.972. The Balaban J connectivity index is 2.59. The second-order valence-electron chi connectivity index (χ2n) is 26.6. The highest BCUT2D eigenvalue weighted by atomic mass is 32.2. The number of aliphatic hydroxyl groups is 4. The maximum atomic E-state index is 13.4. The van der Waals surface area contributed by atoms with E-state index in [1.807, 2.05) is 0 Å². The molecule has 0 spiro atoms. The summed E-state index contributed by atoms with van der Waals surface area (Å²) < 4.78 is 0. The largest absolute Gasteiger partial charge is 0.392 e. The number of thioether (sulfide) groups is 2. The maximum Gasteiger partial charge on any atom is 0.190 e. The molecule has 1 aliphatic heterocycles. The van der Waals surface area contributed by atoms with Crippen molar-refractivity contribution in [2.24, 2.45) is 0 Å². The minimum Gasteiger partial charge on any atom is -0.392 e. The predicted molar refractivity (Wildman–Crippen MR) is 369 cm³/mol. The number of hydrogen-bond donors (Lipinski definition) is 4. The van der Waals surface area contributed by atoms with Crippen LogP contribution < -0.4 is 0 Å². The highest BCUT2D eigenvalue weighted by Crippen LogP contribution is 2.22. The van der Waals surface area contributed by atoms with E-state index in [9.17, 15) is 30.0 Å². The number of nitrogens with zero attached hydrogens (tertiary/aromatic N) is 4. The van der Waals surface area contributed by atoms with Gasteiger partial charge >= 0.3 is 0 Å². The van der Waals surface area contributed by atoms with Gasteiger partial charge in [0.25, 0.3) is 0 Å². The van der Waals surface area contributed by atoms with E-state index in [0.29, 0.717) is 64.2 Å². The lowest BCUT2D eigenvalue weighted by Gasteiger charge is -2.44. The molecule has 500 valence electrons. The summed E-state index contributed by atoms with van der Waals surface area (Å²) in [5, 5.41) is 45.0.